The van der Waals surface area contributed by atoms with Crippen LogP contribution in [0.2, 0.25) is 0 Å². The van der Waals surface area contributed by atoms with Crippen LogP contribution in [0.1, 0.15) is 48.5 Å². The number of carbonyl (C=O) groups excluding carboxylic acids is 1. The van der Waals surface area contributed by atoms with Gasteiger partial charge in [-0.15, -0.1) is 0 Å². The summed E-state index contributed by atoms with van der Waals surface area (Å²) < 4.78 is 10.6. The molecule has 1 saturated heterocycles. The first kappa shape index (κ1) is 18.9. The molecule has 1 aliphatic rings. The average molecular weight is 339 g/mol. The van der Waals surface area contributed by atoms with Gasteiger partial charge in [-0.1, -0.05) is 19.0 Å². The minimum absolute atomic E-state index is 0.00744. The number of aliphatic hydroxyl groups is 1. The first-order valence-corrected chi connectivity index (χ1v) is 8.67. The molecule has 0 spiro atoms. The van der Waals surface area contributed by atoms with E-state index in [2.05, 4.69) is 10.1 Å². The average Bonchev–Trinajstić information content (AvgIpc) is 2.95. The molecule has 136 valence electrons. The molecule has 1 amide bonds. The van der Waals surface area contributed by atoms with Gasteiger partial charge in [-0.25, -0.2) is 0 Å². The number of aryl methyl sites for hydroxylation is 1. The van der Waals surface area contributed by atoms with Crippen LogP contribution in [0.3, 0.4) is 0 Å². The zero-order valence-corrected chi connectivity index (χ0v) is 15.1. The van der Waals surface area contributed by atoms with Crippen molar-refractivity contribution in [1.29, 1.82) is 0 Å². The Morgan fingerprint density at radius 3 is 2.58 bits per heavy atom. The van der Waals surface area contributed by atoms with Crippen molar-refractivity contribution in [2.45, 2.75) is 39.7 Å². The Bertz CT molecular complexity index is 536. The van der Waals surface area contributed by atoms with Crippen LogP contribution in [0.4, 0.5) is 0 Å². The molecule has 0 saturated carbocycles. The van der Waals surface area contributed by atoms with Crippen molar-refractivity contribution in [3.05, 3.63) is 17.0 Å². The van der Waals surface area contributed by atoms with E-state index >= 15 is 0 Å². The van der Waals surface area contributed by atoms with Gasteiger partial charge in [0.2, 0.25) is 0 Å². The van der Waals surface area contributed by atoms with Crippen LogP contribution in [0.15, 0.2) is 4.52 Å². The lowest BCUT2D eigenvalue weighted by atomic mass is 10.0. The van der Waals surface area contributed by atoms with Crippen LogP contribution in [-0.4, -0.2) is 78.0 Å². The Labute approximate surface area is 143 Å². The molecule has 24 heavy (non-hydrogen) atoms. The Kier molecular flexibility index (Phi) is 6.77. The van der Waals surface area contributed by atoms with Crippen LogP contribution in [0, 0.1) is 6.92 Å². The maximum absolute atomic E-state index is 12.8. The van der Waals surface area contributed by atoms with Gasteiger partial charge in [0.05, 0.1) is 18.4 Å². The van der Waals surface area contributed by atoms with E-state index in [-0.39, 0.29) is 11.8 Å². The maximum atomic E-state index is 12.8. The molecule has 0 aliphatic carbocycles. The van der Waals surface area contributed by atoms with Gasteiger partial charge >= 0.3 is 0 Å². The second-order valence-corrected chi connectivity index (χ2v) is 6.57. The molecule has 1 fully saturated rings. The lowest BCUT2D eigenvalue weighted by Crippen LogP contribution is -2.51. The third-order valence-corrected chi connectivity index (χ3v) is 4.27. The van der Waals surface area contributed by atoms with Crippen molar-refractivity contribution in [3.63, 3.8) is 0 Å². The highest BCUT2D eigenvalue weighted by atomic mass is 16.5. The summed E-state index contributed by atoms with van der Waals surface area (Å²) >= 11 is 0. The van der Waals surface area contributed by atoms with E-state index in [4.69, 9.17) is 9.26 Å². The zero-order chi connectivity index (χ0) is 17.7. The fourth-order valence-corrected chi connectivity index (χ4v) is 2.94. The van der Waals surface area contributed by atoms with E-state index in [1.54, 1.807) is 0 Å². The number of aromatic nitrogens is 1. The first-order valence-electron chi connectivity index (χ1n) is 8.67. The molecule has 1 atom stereocenters. The second-order valence-electron chi connectivity index (χ2n) is 6.57. The molecule has 0 unspecified atom stereocenters. The first-order chi connectivity index (χ1) is 11.4. The zero-order valence-electron chi connectivity index (χ0n) is 15.1. The molecule has 7 heteroatoms. The van der Waals surface area contributed by atoms with Crippen LogP contribution in [0.5, 0.6) is 0 Å². The van der Waals surface area contributed by atoms with Gasteiger partial charge in [-0.05, 0) is 13.8 Å². The summed E-state index contributed by atoms with van der Waals surface area (Å²) in [6.45, 7) is 12.0. The summed E-state index contributed by atoms with van der Waals surface area (Å²) in [6, 6.07) is 0. The number of aliphatic hydroxyl groups excluding tert-OH is 1. The Morgan fingerprint density at radius 1 is 1.33 bits per heavy atom. The predicted octanol–water partition coefficient (Wildman–Crippen LogP) is 1.26. The quantitative estimate of drug-likeness (QED) is 0.806. The molecule has 0 radical (unpaired) electrons. The van der Waals surface area contributed by atoms with E-state index in [1.807, 2.05) is 32.6 Å². The van der Waals surface area contributed by atoms with Crippen molar-refractivity contribution < 1.29 is 19.2 Å². The van der Waals surface area contributed by atoms with E-state index in [9.17, 15) is 9.90 Å². The van der Waals surface area contributed by atoms with Gasteiger partial charge in [0.15, 0.2) is 5.76 Å². The van der Waals surface area contributed by atoms with Crippen LogP contribution < -0.4 is 0 Å². The SMILES string of the molecule is CCOC[C@@H](O)CN1CCN(C(=O)c2c(C)noc2C(C)C)CC1. The topological polar surface area (TPSA) is 79.0 Å². The molecule has 0 bridgehead atoms. The molecule has 2 rings (SSSR count). The second kappa shape index (κ2) is 8.60. The number of amides is 1. The van der Waals surface area contributed by atoms with E-state index < -0.39 is 6.10 Å². The minimum Gasteiger partial charge on any atom is -0.389 e. The lowest BCUT2D eigenvalue weighted by Gasteiger charge is -2.35. The fourth-order valence-electron chi connectivity index (χ4n) is 2.94. The van der Waals surface area contributed by atoms with E-state index in [1.165, 1.54) is 0 Å². The molecular weight excluding hydrogens is 310 g/mol. The number of carbonyl (C=O) groups is 1. The smallest absolute Gasteiger partial charge is 0.259 e. The largest absolute Gasteiger partial charge is 0.389 e. The standard InChI is InChI=1S/C17H29N3O4/c1-5-23-11-14(21)10-19-6-8-20(9-7-19)17(22)15-13(4)18-24-16(15)12(2)3/h12,14,21H,5-11H2,1-4H3/t14-/m0/s1. The number of β-amino-alcohol motifs (C(OH)–C–C–N with tert-alkyl or cyclic N) is 1. The van der Waals surface area contributed by atoms with Crippen molar-refractivity contribution in [2.75, 3.05) is 45.9 Å². The summed E-state index contributed by atoms with van der Waals surface area (Å²) in [5.74, 6) is 0.777. The Morgan fingerprint density at radius 2 is 2.00 bits per heavy atom. The number of hydrogen-bond acceptors (Lipinski definition) is 6. The fraction of sp³-hybridized carbons (Fsp3) is 0.765. The maximum Gasteiger partial charge on any atom is 0.259 e. The monoisotopic (exact) mass is 339 g/mol. The summed E-state index contributed by atoms with van der Waals surface area (Å²) in [6.07, 6.45) is -0.486. The van der Waals surface area contributed by atoms with E-state index in [0.29, 0.717) is 49.9 Å². The Hall–Kier alpha value is -1.44. The Balaban J connectivity index is 1.90. The highest BCUT2D eigenvalue weighted by Gasteiger charge is 2.29. The molecule has 2 heterocycles. The molecule has 1 aromatic heterocycles. The van der Waals surface area contributed by atoms with Crippen molar-refractivity contribution in [1.82, 2.24) is 15.0 Å². The molecule has 7 nitrogen and oxygen atoms in total. The summed E-state index contributed by atoms with van der Waals surface area (Å²) in [5.41, 5.74) is 1.26. The normalized spacial score (nSPS) is 17.5. The summed E-state index contributed by atoms with van der Waals surface area (Å²) in [7, 11) is 0. The molecule has 0 aromatic carbocycles. The van der Waals surface area contributed by atoms with Gasteiger partial charge < -0.3 is 19.3 Å². The molecule has 1 N–H and O–H groups in total. The third kappa shape index (κ3) is 4.55. The highest BCUT2D eigenvalue weighted by molar-refractivity contribution is 5.96. The number of piperazine rings is 1. The number of ether oxygens (including phenoxy) is 1. The van der Waals surface area contributed by atoms with Gasteiger partial charge in [0.25, 0.3) is 5.91 Å². The minimum atomic E-state index is -0.486. The van der Waals surface area contributed by atoms with Crippen LogP contribution in [0.25, 0.3) is 0 Å². The van der Waals surface area contributed by atoms with Gasteiger partial charge in [-0.3, -0.25) is 9.69 Å². The summed E-state index contributed by atoms with van der Waals surface area (Å²) in [4.78, 5) is 16.8. The molecule has 1 aliphatic heterocycles. The third-order valence-electron chi connectivity index (χ3n) is 4.27. The van der Waals surface area contributed by atoms with Gasteiger partial charge in [-0.2, -0.15) is 0 Å². The van der Waals surface area contributed by atoms with Crippen molar-refractivity contribution in [2.24, 2.45) is 0 Å². The number of nitrogens with zero attached hydrogens (tertiary/aromatic N) is 3. The number of rotatable bonds is 7. The summed E-state index contributed by atoms with van der Waals surface area (Å²) in [5, 5.41) is 13.9. The predicted molar refractivity (Wildman–Crippen MR) is 90.2 cm³/mol. The molecular formula is C17H29N3O4. The lowest BCUT2D eigenvalue weighted by molar-refractivity contribution is 0.0111. The van der Waals surface area contributed by atoms with Crippen LogP contribution in [-0.2, 0) is 4.74 Å². The van der Waals surface area contributed by atoms with Gasteiger partial charge in [0.1, 0.15) is 5.56 Å². The number of hydrogen-bond donors (Lipinski definition) is 1. The van der Waals surface area contributed by atoms with Gasteiger partial charge in [0, 0.05) is 45.2 Å². The van der Waals surface area contributed by atoms with Crippen molar-refractivity contribution >= 4 is 5.91 Å². The molecule has 1 aromatic rings. The van der Waals surface area contributed by atoms with E-state index in [0.717, 1.165) is 13.1 Å². The van der Waals surface area contributed by atoms with Crippen molar-refractivity contribution in [3.8, 4) is 0 Å². The highest BCUT2D eigenvalue weighted by Crippen LogP contribution is 2.24. The van der Waals surface area contributed by atoms with Crippen LogP contribution >= 0.6 is 0 Å².